The molecule has 0 heterocycles. The van der Waals surface area contributed by atoms with Gasteiger partial charge in [-0.15, -0.1) is 0 Å². The van der Waals surface area contributed by atoms with Gasteiger partial charge in [0, 0.05) is 16.0 Å². The van der Waals surface area contributed by atoms with Crippen LogP contribution in [-0.2, 0) is 0 Å². The summed E-state index contributed by atoms with van der Waals surface area (Å²) in [7, 11) is 0. The molecular formula is C12H16INO. The van der Waals surface area contributed by atoms with Crippen molar-refractivity contribution in [2.45, 2.75) is 23.7 Å². The van der Waals surface area contributed by atoms with Crippen LogP contribution in [0.25, 0.3) is 0 Å². The molecule has 0 bridgehead atoms. The summed E-state index contributed by atoms with van der Waals surface area (Å²) in [6.45, 7) is 2.91. The van der Waals surface area contributed by atoms with E-state index in [0.29, 0.717) is 3.92 Å². The van der Waals surface area contributed by atoms with E-state index >= 15 is 0 Å². The molecule has 1 N–H and O–H groups in total. The maximum atomic E-state index is 11.6. The number of rotatable bonds is 5. The molecule has 2 nitrogen and oxygen atoms in total. The van der Waals surface area contributed by atoms with E-state index in [2.05, 4.69) is 34.8 Å². The van der Waals surface area contributed by atoms with E-state index in [1.54, 1.807) is 0 Å². The van der Waals surface area contributed by atoms with Gasteiger partial charge in [0.05, 0.1) is 0 Å². The van der Waals surface area contributed by atoms with E-state index in [1.165, 1.54) is 0 Å². The van der Waals surface area contributed by atoms with Crippen molar-refractivity contribution in [3.05, 3.63) is 35.9 Å². The fourth-order valence-electron chi connectivity index (χ4n) is 1.31. The summed E-state index contributed by atoms with van der Waals surface area (Å²) in [4.78, 5) is 11.6. The summed E-state index contributed by atoms with van der Waals surface area (Å²) in [6.07, 6.45) is 2.31. The molecule has 1 aromatic rings. The fourth-order valence-corrected chi connectivity index (χ4v) is 2.15. The summed E-state index contributed by atoms with van der Waals surface area (Å²) < 4.78 is 0.528. The maximum Gasteiger partial charge on any atom is 0.251 e. The minimum Gasteiger partial charge on any atom is -0.351 e. The Morgan fingerprint density at radius 2 is 2.07 bits per heavy atom. The van der Waals surface area contributed by atoms with Crippen LogP contribution in [-0.4, -0.2) is 16.4 Å². The third kappa shape index (κ3) is 4.64. The van der Waals surface area contributed by atoms with Crippen molar-refractivity contribution >= 4 is 28.5 Å². The molecule has 3 heteroatoms. The minimum absolute atomic E-state index is 0.0216. The van der Waals surface area contributed by atoms with E-state index in [-0.39, 0.29) is 5.91 Å². The quantitative estimate of drug-likeness (QED) is 0.656. The lowest BCUT2D eigenvalue weighted by atomic mass is 10.2. The van der Waals surface area contributed by atoms with Gasteiger partial charge in [-0.1, -0.05) is 54.1 Å². The molecule has 15 heavy (non-hydrogen) atoms. The Morgan fingerprint density at radius 3 is 2.67 bits per heavy atom. The standard InChI is InChI=1S/C12H16INO/c1-2-6-11(13)9-14-12(15)10-7-4-3-5-8-10/h3-5,7-8,11H,2,6,9H2,1H3,(H,14,15). The Kier molecular flexibility index (Phi) is 5.68. The first-order valence-corrected chi connectivity index (χ1v) is 6.46. The summed E-state index contributed by atoms with van der Waals surface area (Å²) in [5.41, 5.74) is 0.734. The Bertz CT molecular complexity index is 300. The van der Waals surface area contributed by atoms with Gasteiger partial charge in [0.2, 0.25) is 0 Å². The van der Waals surface area contributed by atoms with Crippen molar-refractivity contribution in [3.63, 3.8) is 0 Å². The molecule has 1 amide bonds. The van der Waals surface area contributed by atoms with Gasteiger partial charge >= 0.3 is 0 Å². The number of nitrogens with one attached hydrogen (secondary N) is 1. The molecule has 82 valence electrons. The van der Waals surface area contributed by atoms with Crippen LogP contribution in [0.4, 0.5) is 0 Å². The van der Waals surface area contributed by atoms with Crippen molar-refractivity contribution in [1.29, 1.82) is 0 Å². The number of carbonyl (C=O) groups is 1. The molecule has 0 fully saturated rings. The lowest BCUT2D eigenvalue weighted by molar-refractivity contribution is 0.0954. The number of halogens is 1. The van der Waals surface area contributed by atoms with Crippen LogP contribution in [0, 0.1) is 0 Å². The molecule has 1 atom stereocenters. The zero-order valence-electron chi connectivity index (χ0n) is 8.87. The Labute approximate surface area is 105 Å². The average molecular weight is 317 g/mol. The van der Waals surface area contributed by atoms with Gasteiger partial charge in [-0.2, -0.15) is 0 Å². The van der Waals surface area contributed by atoms with Crippen LogP contribution in [0.5, 0.6) is 0 Å². The fraction of sp³-hybridized carbons (Fsp3) is 0.417. The monoisotopic (exact) mass is 317 g/mol. The molecule has 0 aliphatic rings. The van der Waals surface area contributed by atoms with Gasteiger partial charge in [0.1, 0.15) is 0 Å². The first kappa shape index (κ1) is 12.5. The molecule has 0 saturated heterocycles. The Hall–Kier alpha value is -0.580. The number of amides is 1. The van der Waals surface area contributed by atoms with Crippen molar-refractivity contribution in [1.82, 2.24) is 5.32 Å². The van der Waals surface area contributed by atoms with Crippen molar-refractivity contribution in [2.75, 3.05) is 6.54 Å². The average Bonchev–Trinajstić information content (AvgIpc) is 2.27. The first-order valence-electron chi connectivity index (χ1n) is 5.21. The van der Waals surface area contributed by atoms with Crippen LogP contribution in [0.15, 0.2) is 30.3 Å². The molecule has 1 rings (SSSR count). The molecule has 1 aromatic carbocycles. The van der Waals surface area contributed by atoms with Gasteiger partial charge in [0.15, 0.2) is 0 Å². The van der Waals surface area contributed by atoms with Gasteiger partial charge in [-0.25, -0.2) is 0 Å². The third-order valence-electron chi connectivity index (χ3n) is 2.12. The highest BCUT2D eigenvalue weighted by Crippen LogP contribution is 2.07. The first-order chi connectivity index (χ1) is 7.24. The molecule has 0 aliphatic heterocycles. The molecule has 1 unspecified atom stereocenters. The van der Waals surface area contributed by atoms with E-state index in [1.807, 2.05) is 30.3 Å². The lowest BCUT2D eigenvalue weighted by Gasteiger charge is -2.09. The van der Waals surface area contributed by atoms with Crippen molar-refractivity contribution in [2.24, 2.45) is 0 Å². The predicted molar refractivity (Wildman–Crippen MR) is 71.5 cm³/mol. The van der Waals surface area contributed by atoms with Crippen molar-refractivity contribution in [3.8, 4) is 0 Å². The smallest absolute Gasteiger partial charge is 0.251 e. The molecule has 0 spiro atoms. The summed E-state index contributed by atoms with van der Waals surface area (Å²) in [5.74, 6) is 0.0216. The van der Waals surface area contributed by atoms with Crippen LogP contribution < -0.4 is 5.32 Å². The van der Waals surface area contributed by atoms with Crippen LogP contribution in [0.3, 0.4) is 0 Å². The Morgan fingerprint density at radius 1 is 1.40 bits per heavy atom. The van der Waals surface area contributed by atoms with E-state index in [9.17, 15) is 4.79 Å². The number of hydrogen-bond acceptors (Lipinski definition) is 1. The van der Waals surface area contributed by atoms with Gasteiger partial charge in [-0.3, -0.25) is 4.79 Å². The van der Waals surface area contributed by atoms with Crippen molar-refractivity contribution < 1.29 is 4.79 Å². The maximum absolute atomic E-state index is 11.6. The van der Waals surface area contributed by atoms with E-state index in [0.717, 1.165) is 24.9 Å². The highest BCUT2D eigenvalue weighted by atomic mass is 127. The second kappa shape index (κ2) is 6.82. The lowest BCUT2D eigenvalue weighted by Crippen LogP contribution is -2.29. The zero-order valence-corrected chi connectivity index (χ0v) is 11.0. The van der Waals surface area contributed by atoms with Crippen LogP contribution in [0.2, 0.25) is 0 Å². The normalized spacial score (nSPS) is 12.1. The third-order valence-corrected chi connectivity index (χ3v) is 3.19. The van der Waals surface area contributed by atoms with Crippen LogP contribution in [0.1, 0.15) is 30.1 Å². The second-order valence-electron chi connectivity index (χ2n) is 3.46. The Balaban J connectivity index is 2.37. The highest BCUT2D eigenvalue weighted by molar-refractivity contribution is 14.1. The number of carbonyl (C=O) groups excluding carboxylic acids is 1. The topological polar surface area (TPSA) is 29.1 Å². The second-order valence-corrected chi connectivity index (χ2v) is 5.22. The SMILES string of the molecule is CCCC(I)CNC(=O)c1ccccc1. The molecular weight excluding hydrogens is 301 g/mol. The minimum atomic E-state index is 0.0216. The summed E-state index contributed by atoms with van der Waals surface area (Å²) in [6, 6.07) is 9.33. The predicted octanol–water partition coefficient (Wildman–Crippen LogP) is 3.02. The van der Waals surface area contributed by atoms with E-state index < -0.39 is 0 Å². The van der Waals surface area contributed by atoms with Gasteiger partial charge in [-0.05, 0) is 18.6 Å². The number of alkyl halides is 1. The van der Waals surface area contributed by atoms with Gasteiger partial charge in [0.25, 0.3) is 5.91 Å². The number of hydrogen-bond donors (Lipinski definition) is 1. The number of benzene rings is 1. The zero-order chi connectivity index (χ0) is 11.1. The molecule has 0 aromatic heterocycles. The van der Waals surface area contributed by atoms with Crippen LogP contribution >= 0.6 is 22.6 Å². The molecule has 0 radical (unpaired) electrons. The largest absolute Gasteiger partial charge is 0.351 e. The molecule has 0 aliphatic carbocycles. The summed E-state index contributed by atoms with van der Waals surface area (Å²) in [5, 5.41) is 2.94. The highest BCUT2D eigenvalue weighted by Gasteiger charge is 2.07. The molecule has 0 saturated carbocycles. The van der Waals surface area contributed by atoms with Gasteiger partial charge < -0.3 is 5.32 Å². The van der Waals surface area contributed by atoms with E-state index in [4.69, 9.17) is 0 Å². The summed E-state index contributed by atoms with van der Waals surface area (Å²) >= 11 is 2.38.